The van der Waals surface area contributed by atoms with Crippen molar-refractivity contribution in [3.63, 3.8) is 0 Å². The van der Waals surface area contributed by atoms with Crippen molar-refractivity contribution in [2.45, 2.75) is 93.3 Å². The Kier molecular flexibility index (Phi) is 19.3. The molecule has 43 heavy (non-hydrogen) atoms. The molecule has 0 rings (SSSR count). The number of hydrogen-bond acceptors (Lipinski definition) is 7. The highest BCUT2D eigenvalue weighted by atomic mass is 28.4. The lowest BCUT2D eigenvalue weighted by Crippen LogP contribution is -2.43. The van der Waals surface area contributed by atoms with Crippen molar-refractivity contribution in [3.8, 4) is 0 Å². The van der Waals surface area contributed by atoms with Gasteiger partial charge in [-0.05, 0) is 75.2 Å². The fourth-order valence-electron chi connectivity index (χ4n) is 4.90. The molecular weight excluding hydrogens is 654 g/mol. The van der Waals surface area contributed by atoms with Gasteiger partial charge < -0.3 is 31.5 Å². The smallest absolute Gasteiger partial charge is 0.389 e. The molecule has 0 amide bonds. The maximum absolute atomic E-state index is 12.9. The van der Waals surface area contributed by atoms with Crippen LogP contribution in [0.2, 0.25) is 36.3 Å². The average molecular weight is 702 g/mol. The number of nitrogens with zero attached hydrogens (tertiary/aromatic N) is 1. The molecule has 0 N–H and O–H groups in total. The normalized spacial score (nSPS) is 14.2. The van der Waals surface area contributed by atoms with Gasteiger partial charge in [-0.3, -0.25) is 0 Å². The summed E-state index contributed by atoms with van der Waals surface area (Å²) in [5, 5.41) is 0. The minimum absolute atomic E-state index is 0.270. The van der Waals surface area contributed by atoms with Crippen LogP contribution in [0.15, 0.2) is 0 Å². The van der Waals surface area contributed by atoms with Crippen molar-refractivity contribution in [3.05, 3.63) is 0 Å². The molecule has 0 radical (unpaired) electrons. The van der Waals surface area contributed by atoms with Gasteiger partial charge in [0.2, 0.25) is 0 Å². The second-order valence-corrected chi connectivity index (χ2v) is 21.4. The zero-order valence-corrected chi connectivity index (χ0v) is 28.9. The summed E-state index contributed by atoms with van der Waals surface area (Å²) in [6.07, 6.45) is -15.0. The molecule has 0 aliphatic rings. The van der Waals surface area contributed by atoms with Crippen molar-refractivity contribution in [1.82, 2.24) is 4.90 Å². The number of alkyl halides is 9. The molecule has 0 fully saturated rings. The van der Waals surface area contributed by atoms with Crippen molar-refractivity contribution in [1.29, 1.82) is 0 Å². The summed E-state index contributed by atoms with van der Waals surface area (Å²) >= 11 is 0. The summed E-state index contributed by atoms with van der Waals surface area (Å²) < 4.78 is 149. The van der Waals surface area contributed by atoms with E-state index in [9.17, 15) is 39.5 Å². The highest BCUT2D eigenvalue weighted by molar-refractivity contribution is 6.68. The second kappa shape index (κ2) is 19.4. The van der Waals surface area contributed by atoms with Gasteiger partial charge >= 0.3 is 44.2 Å². The zero-order valence-electron chi connectivity index (χ0n) is 25.9. The van der Waals surface area contributed by atoms with Crippen LogP contribution in [-0.2, 0) is 26.6 Å². The average Bonchev–Trinajstić information content (AvgIpc) is 2.93. The fraction of sp³-hybridized carbons (Fsp3) is 1.00. The van der Waals surface area contributed by atoms with E-state index in [2.05, 4.69) is 0 Å². The van der Waals surface area contributed by atoms with E-state index in [0.717, 1.165) is 0 Å². The van der Waals surface area contributed by atoms with E-state index in [1.807, 2.05) is 4.90 Å². The van der Waals surface area contributed by atoms with E-state index in [4.69, 9.17) is 26.6 Å². The van der Waals surface area contributed by atoms with Crippen LogP contribution in [0.25, 0.3) is 0 Å². The molecule has 0 unspecified atom stereocenters. The predicted molar refractivity (Wildman–Crippen MR) is 150 cm³/mol. The molecule has 0 saturated carbocycles. The summed E-state index contributed by atoms with van der Waals surface area (Å²) in [6, 6.07) is 0.00271. The Balaban J connectivity index is 5.53. The topological polar surface area (TPSA) is 58.6 Å². The maximum Gasteiger partial charge on any atom is 0.389 e. The highest BCUT2D eigenvalue weighted by Gasteiger charge is 2.42. The third-order valence-electron chi connectivity index (χ3n) is 7.70. The Hall–Kier alpha value is -0.259. The molecule has 0 aliphatic heterocycles. The molecule has 0 atom stereocenters. The lowest BCUT2D eigenvalue weighted by atomic mass is 10.3. The van der Waals surface area contributed by atoms with Gasteiger partial charge in [-0.2, -0.15) is 39.5 Å². The minimum Gasteiger partial charge on any atom is -0.398 e. The van der Waals surface area contributed by atoms with E-state index >= 15 is 0 Å². The molecular formula is C24H48F9NO6Si3. The van der Waals surface area contributed by atoms with E-state index in [1.165, 1.54) is 42.7 Å². The first-order chi connectivity index (χ1) is 19.8. The Morgan fingerprint density at radius 1 is 0.395 bits per heavy atom. The van der Waals surface area contributed by atoms with Gasteiger partial charge in [0, 0.05) is 61.9 Å². The van der Waals surface area contributed by atoms with Crippen LogP contribution < -0.4 is 0 Å². The second-order valence-electron chi connectivity index (χ2n) is 10.5. The molecule has 0 bridgehead atoms. The quantitative estimate of drug-likeness (QED) is 0.0763. The van der Waals surface area contributed by atoms with Gasteiger partial charge in [0.05, 0.1) is 0 Å². The SMILES string of the molecule is CO[Si](CCCN(CCC[Si](CCC(F)(F)F)(OC)OC)CCC[Si](CCC(F)(F)F)(OC)OC)(CCC(F)(F)F)OC. The Morgan fingerprint density at radius 2 is 0.605 bits per heavy atom. The molecule has 7 nitrogen and oxygen atoms in total. The van der Waals surface area contributed by atoms with Crippen LogP contribution in [0.5, 0.6) is 0 Å². The van der Waals surface area contributed by atoms with Crippen molar-refractivity contribution < 1.29 is 66.1 Å². The summed E-state index contributed by atoms with van der Waals surface area (Å²) in [5.41, 5.74) is 0. The first kappa shape index (κ1) is 42.7. The van der Waals surface area contributed by atoms with E-state index in [-0.39, 0.29) is 36.3 Å². The van der Waals surface area contributed by atoms with Gasteiger partial charge in [-0.1, -0.05) is 0 Å². The lowest BCUT2D eigenvalue weighted by Gasteiger charge is -2.32. The van der Waals surface area contributed by atoms with Gasteiger partial charge in [0.1, 0.15) is 0 Å². The van der Waals surface area contributed by atoms with E-state index < -0.39 is 63.5 Å². The van der Waals surface area contributed by atoms with Gasteiger partial charge in [-0.15, -0.1) is 0 Å². The molecule has 0 saturated heterocycles. The zero-order chi connectivity index (χ0) is 33.4. The van der Waals surface area contributed by atoms with Crippen LogP contribution in [0.1, 0.15) is 38.5 Å². The minimum atomic E-state index is -4.36. The molecule has 0 aromatic heterocycles. The Bertz CT molecular complexity index is 642. The Labute approximate surface area is 252 Å². The van der Waals surface area contributed by atoms with Gasteiger partial charge in [-0.25, -0.2) is 0 Å². The molecule has 0 aromatic rings. The van der Waals surface area contributed by atoms with Crippen LogP contribution >= 0.6 is 0 Å². The van der Waals surface area contributed by atoms with Crippen LogP contribution in [-0.4, -0.2) is 111 Å². The molecule has 0 spiro atoms. The molecule has 260 valence electrons. The monoisotopic (exact) mass is 701 g/mol. The van der Waals surface area contributed by atoms with Gasteiger partial charge in [0.15, 0.2) is 0 Å². The predicted octanol–water partition coefficient (Wildman–Crippen LogP) is 7.52. The standard InChI is InChI=1S/C24H48F9NO6Si3/c1-35-41(36-2,19-10-22(25,26)27)16-7-13-34(14-8-17-42(37-3,38-4)20-11-23(28,29)30)15-9-18-43(39-5,40-6)21-12-24(31,32)33/h7-21H2,1-6H3. The first-order valence-electron chi connectivity index (χ1n) is 14.0. The van der Waals surface area contributed by atoms with Crippen molar-refractivity contribution >= 4 is 25.7 Å². The molecule has 19 heteroatoms. The van der Waals surface area contributed by atoms with Gasteiger partial charge in [0.25, 0.3) is 0 Å². The van der Waals surface area contributed by atoms with E-state index in [0.29, 0.717) is 38.9 Å². The summed E-state index contributed by atoms with van der Waals surface area (Å²) in [6.45, 7) is 1.21. The summed E-state index contributed by atoms with van der Waals surface area (Å²) in [5.74, 6) is 0. The largest absolute Gasteiger partial charge is 0.398 e. The van der Waals surface area contributed by atoms with Crippen LogP contribution in [0.3, 0.4) is 0 Å². The number of halogens is 9. The first-order valence-corrected chi connectivity index (χ1v) is 20.7. The number of rotatable bonds is 24. The summed E-state index contributed by atoms with van der Waals surface area (Å²) in [4.78, 5) is 1.98. The molecule has 0 aromatic carbocycles. The molecule has 0 heterocycles. The lowest BCUT2D eigenvalue weighted by molar-refractivity contribution is -0.132. The van der Waals surface area contributed by atoms with Crippen molar-refractivity contribution in [2.24, 2.45) is 0 Å². The third kappa shape index (κ3) is 18.5. The van der Waals surface area contributed by atoms with Crippen LogP contribution in [0.4, 0.5) is 39.5 Å². The van der Waals surface area contributed by atoms with Crippen molar-refractivity contribution in [2.75, 3.05) is 62.3 Å². The number of hydrogen-bond donors (Lipinski definition) is 0. The van der Waals surface area contributed by atoms with E-state index in [1.54, 1.807) is 0 Å². The maximum atomic E-state index is 12.9. The fourth-order valence-corrected chi connectivity index (χ4v) is 12.7. The highest BCUT2D eigenvalue weighted by Crippen LogP contribution is 2.32. The third-order valence-corrected chi connectivity index (χ3v) is 18.5. The Morgan fingerprint density at radius 3 is 0.767 bits per heavy atom. The molecule has 0 aliphatic carbocycles. The van der Waals surface area contributed by atoms with Crippen LogP contribution in [0, 0.1) is 0 Å². The summed E-state index contributed by atoms with van der Waals surface area (Å²) in [7, 11) is -1.50.